The van der Waals surface area contributed by atoms with E-state index in [1.54, 1.807) is 21.3 Å². The predicted molar refractivity (Wildman–Crippen MR) is 83.1 cm³/mol. The lowest BCUT2D eigenvalue weighted by Gasteiger charge is -2.19. The fourth-order valence-electron chi connectivity index (χ4n) is 2.92. The average molecular weight is 294 g/mol. The molecule has 5 nitrogen and oxygen atoms in total. The average Bonchev–Trinajstić information content (AvgIpc) is 2.94. The minimum Gasteiger partial charge on any atom is -0.493 e. The fourth-order valence-corrected chi connectivity index (χ4v) is 2.92. The van der Waals surface area contributed by atoms with Crippen LogP contribution in [0.25, 0.3) is 0 Å². The van der Waals surface area contributed by atoms with Gasteiger partial charge in [-0.3, -0.25) is 4.90 Å². The van der Waals surface area contributed by atoms with Crippen LogP contribution in [0.4, 0.5) is 0 Å². The molecule has 2 atom stereocenters. The van der Waals surface area contributed by atoms with E-state index in [4.69, 9.17) is 19.9 Å². The van der Waals surface area contributed by atoms with Crippen molar-refractivity contribution in [3.63, 3.8) is 0 Å². The molecule has 0 amide bonds. The Morgan fingerprint density at radius 1 is 1.19 bits per heavy atom. The zero-order chi connectivity index (χ0) is 15.4. The summed E-state index contributed by atoms with van der Waals surface area (Å²) >= 11 is 0. The first-order valence-electron chi connectivity index (χ1n) is 7.35. The number of rotatable bonds is 6. The first kappa shape index (κ1) is 15.9. The predicted octanol–water partition coefficient (Wildman–Crippen LogP) is 1.88. The summed E-state index contributed by atoms with van der Waals surface area (Å²) < 4.78 is 16.2. The van der Waals surface area contributed by atoms with E-state index in [9.17, 15) is 0 Å². The number of benzene rings is 1. The summed E-state index contributed by atoms with van der Waals surface area (Å²) in [4.78, 5) is 2.43. The van der Waals surface area contributed by atoms with Gasteiger partial charge in [-0.1, -0.05) is 0 Å². The Morgan fingerprint density at radius 2 is 1.81 bits per heavy atom. The van der Waals surface area contributed by atoms with E-state index >= 15 is 0 Å². The van der Waals surface area contributed by atoms with E-state index < -0.39 is 0 Å². The molecule has 0 radical (unpaired) electrons. The van der Waals surface area contributed by atoms with Crippen LogP contribution < -0.4 is 19.9 Å². The van der Waals surface area contributed by atoms with E-state index in [2.05, 4.69) is 11.8 Å². The van der Waals surface area contributed by atoms with Crippen LogP contribution in [0, 0.1) is 5.92 Å². The number of methoxy groups -OCH3 is 3. The minimum absolute atomic E-state index is 0.259. The molecule has 0 spiro atoms. The van der Waals surface area contributed by atoms with Crippen molar-refractivity contribution in [3.05, 3.63) is 17.7 Å². The van der Waals surface area contributed by atoms with Crippen LogP contribution in [-0.4, -0.2) is 45.4 Å². The molecule has 118 valence electrons. The molecule has 2 N–H and O–H groups in total. The molecule has 0 bridgehead atoms. The Labute approximate surface area is 127 Å². The SMILES string of the molecule is COc1cc(CN2CCC(C(C)N)C2)cc(OC)c1OC. The zero-order valence-electron chi connectivity index (χ0n) is 13.4. The Bertz CT molecular complexity index is 452. The highest BCUT2D eigenvalue weighted by molar-refractivity contribution is 5.53. The Kier molecular flexibility index (Phi) is 5.31. The monoisotopic (exact) mass is 294 g/mol. The summed E-state index contributed by atoms with van der Waals surface area (Å²) in [5.41, 5.74) is 7.16. The molecule has 1 saturated heterocycles. The van der Waals surface area contributed by atoms with Gasteiger partial charge in [0.2, 0.25) is 5.75 Å². The molecule has 1 aliphatic rings. The van der Waals surface area contributed by atoms with Gasteiger partial charge in [0.25, 0.3) is 0 Å². The van der Waals surface area contributed by atoms with Gasteiger partial charge < -0.3 is 19.9 Å². The molecule has 1 heterocycles. The highest BCUT2D eigenvalue weighted by Crippen LogP contribution is 2.38. The van der Waals surface area contributed by atoms with Crippen LogP contribution in [0.15, 0.2) is 12.1 Å². The van der Waals surface area contributed by atoms with Crippen LogP contribution in [0.5, 0.6) is 17.2 Å². The van der Waals surface area contributed by atoms with Crippen molar-refractivity contribution < 1.29 is 14.2 Å². The van der Waals surface area contributed by atoms with Gasteiger partial charge in [-0.25, -0.2) is 0 Å². The molecule has 1 fully saturated rings. The molecule has 1 aromatic rings. The number of hydrogen-bond acceptors (Lipinski definition) is 5. The molecular formula is C16H26N2O3. The summed E-state index contributed by atoms with van der Waals surface area (Å²) in [5, 5.41) is 0. The van der Waals surface area contributed by atoms with Gasteiger partial charge >= 0.3 is 0 Å². The van der Waals surface area contributed by atoms with Crippen LogP contribution in [-0.2, 0) is 6.54 Å². The lowest BCUT2D eigenvalue weighted by atomic mass is 10.0. The second-order valence-corrected chi connectivity index (χ2v) is 5.68. The molecule has 2 rings (SSSR count). The van der Waals surface area contributed by atoms with Crippen molar-refractivity contribution in [2.45, 2.75) is 25.9 Å². The maximum atomic E-state index is 6.00. The largest absolute Gasteiger partial charge is 0.493 e. The molecule has 2 unspecified atom stereocenters. The second kappa shape index (κ2) is 7.00. The third-order valence-corrected chi connectivity index (χ3v) is 4.18. The highest BCUT2D eigenvalue weighted by Gasteiger charge is 2.25. The Balaban J connectivity index is 2.14. The van der Waals surface area contributed by atoms with Gasteiger partial charge in [0.1, 0.15) is 0 Å². The van der Waals surface area contributed by atoms with Crippen molar-refractivity contribution in [1.29, 1.82) is 0 Å². The van der Waals surface area contributed by atoms with Gasteiger partial charge in [-0.2, -0.15) is 0 Å². The van der Waals surface area contributed by atoms with Crippen LogP contribution in [0.3, 0.4) is 0 Å². The third kappa shape index (κ3) is 3.60. The van der Waals surface area contributed by atoms with E-state index in [0.717, 1.165) is 25.2 Å². The lowest BCUT2D eigenvalue weighted by Crippen LogP contribution is -2.29. The van der Waals surface area contributed by atoms with Gasteiger partial charge in [0.15, 0.2) is 11.5 Å². The summed E-state index contributed by atoms with van der Waals surface area (Å²) in [6, 6.07) is 4.29. The van der Waals surface area contributed by atoms with Gasteiger partial charge in [0.05, 0.1) is 21.3 Å². The van der Waals surface area contributed by atoms with E-state index in [1.165, 1.54) is 6.42 Å². The summed E-state index contributed by atoms with van der Waals surface area (Å²) in [6.45, 7) is 5.10. The number of nitrogens with zero attached hydrogens (tertiary/aromatic N) is 1. The maximum Gasteiger partial charge on any atom is 0.203 e. The van der Waals surface area contributed by atoms with Crippen LogP contribution >= 0.6 is 0 Å². The summed E-state index contributed by atoms with van der Waals surface area (Å²) in [7, 11) is 4.90. The number of nitrogens with two attached hydrogens (primary N) is 1. The summed E-state index contributed by atoms with van der Waals surface area (Å²) in [5.74, 6) is 2.63. The van der Waals surface area contributed by atoms with Gasteiger partial charge in [0, 0.05) is 19.1 Å². The van der Waals surface area contributed by atoms with Crippen molar-refractivity contribution in [2.24, 2.45) is 11.7 Å². The first-order chi connectivity index (χ1) is 10.1. The normalized spacial score (nSPS) is 20.3. The minimum atomic E-state index is 0.259. The highest BCUT2D eigenvalue weighted by atomic mass is 16.5. The molecule has 5 heteroatoms. The molecule has 0 aliphatic carbocycles. The van der Waals surface area contributed by atoms with Crippen molar-refractivity contribution in [2.75, 3.05) is 34.4 Å². The molecule has 1 aliphatic heterocycles. The van der Waals surface area contributed by atoms with E-state index in [0.29, 0.717) is 23.2 Å². The van der Waals surface area contributed by atoms with Crippen LogP contribution in [0.1, 0.15) is 18.9 Å². The first-order valence-corrected chi connectivity index (χ1v) is 7.35. The zero-order valence-corrected chi connectivity index (χ0v) is 13.4. The summed E-state index contributed by atoms with van der Waals surface area (Å²) in [6.07, 6.45) is 1.17. The fraction of sp³-hybridized carbons (Fsp3) is 0.625. The second-order valence-electron chi connectivity index (χ2n) is 5.68. The van der Waals surface area contributed by atoms with Crippen LogP contribution in [0.2, 0.25) is 0 Å². The van der Waals surface area contributed by atoms with E-state index in [-0.39, 0.29) is 6.04 Å². The number of likely N-dealkylation sites (tertiary alicyclic amines) is 1. The van der Waals surface area contributed by atoms with E-state index in [1.807, 2.05) is 12.1 Å². The quantitative estimate of drug-likeness (QED) is 0.868. The van der Waals surface area contributed by atoms with Gasteiger partial charge in [-0.05, 0) is 43.5 Å². The van der Waals surface area contributed by atoms with Crippen molar-refractivity contribution >= 4 is 0 Å². The number of hydrogen-bond donors (Lipinski definition) is 1. The topological polar surface area (TPSA) is 57.0 Å². The maximum absolute atomic E-state index is 6.00. The molecule has 1 aromatic carbocycles. The molecular weight excluding hydrogens is 268 g/mol. The van der Waals surface area contributed by atoms with Gasteiger partial charge in [-0.15, -0.1) is 0 Å². The molecule has 0 aromatic heterocycles. The Hall–Kier alpha value is -1.46. The van der Waals surface area contributed by atoms with Crippen molar-refractivity contribution in [3.8, 4) is 17.2 Å². The lowest BCUT2D eigenvalue weighted by molar-refractivity contribution is 0.302. The molecule has 21 heavy (non-hydrogen) atoms. The van der Waals surface area contributed by atoms with Crippen molar-refractivity contribution in [1.82, 2.24) is 4.90 Å². The number of ether oxygens (including phenoxy) is 3. The smallest absolute Gasteiger partial charge is 0.203 e. The third-order valence-electron chi connectivity index (χ3n) is 4.18. The Morgan fingerprint density at radius 3 is 2.24 bits per heavy atom. The molecule has 0 saturated carbocycles. The standard InChI is InChI=1S/C16H26N2O3/c1-11(17)13-5-6-18(10-13)9-12-7-14(19-2)16(21-4)15(8-12)20-3/h7-8,11,13H,5-6,9-10,17H2,1-4H3.